The Labute approximate surface area is 138 Å². The van der Waals surface area contributed by atoms with Gasteiger partial charge in [-0.05, 0) is 52.7 Å². The quantitative estimate of drug-likeness (QED) is 0.870. The third kappa shape index (κ3) is 3.03. The lowest BCUT2D eigenvalue weighted by atomic mass is 9.85. The number of nitrogens with two attached hydrogens (primary N) is 1. The molecule has 2 N–H and O–H groups in total. The summed E-state index contributed by atoms with van der Waals surface area (Å²) in [5.41, 5.74) is 7.57. The average Bonchev–Trinajstić information content (AvgIpc) is 2.46. The summed E-state index contributed by atoms with van der Waals surface area (Å²) in [5, 5.41) is 0.649. The molecule has 0 spiro atoms. The van der Waals surface area contributed by atoms with E-state index in [2.05, 4.69) is 15.9 Å². The number of methoxy groups -OCH3 is 2. The third-order valence-corrected chi connectivity index (χ3v) is 4.46. The Hall–Kier alpha value is -1.23. The molecule has 0 aliphatic rings. The topological polar surface area (TPSA) is 44.5 Å². The fraction of sp³-hybridized carbons (Fsp3) is 0.250. The van der Waals surface area contributed by atoms with E-state index in [0.717, 1.165) is 15.6 Å². The molecule has 112 valence electrons. The van der Waals surface area contributed by atoms with Crippen molar-refractivity contribution in [2.75, 3.05) is 14.2 Å². The fourth-order valence-electron chi connectivity index (χ4n) is 2.27. The highest BCUT2D eigenvalue weighted by atomic mass is 79.9. The predicted molar refractivity (Wildman–Crippen MR) is 89.3 cm³/mol. The second-order valence-corrected chi connectivity index (χ2v) is 6.10. The van der Waals surface area contributed by atoms with Crippen LogP contribution < -0.4 is 15.2 Å². The van der Waals surface area contributed by atoms with Gasteiger partial charge in [0.2, 0.25) is 0 Å². The fourth-order valence-corrected chi connectivity index (χ4v) is 3.13. The van der Waals surface area contributed by atoms with Crippen molar-refractivity contribution in [2.45, 2.75) is 12.5 Å². The summed E-state index contributed by atoms with van der Waals surface area (Å²) in [7, 11) is 3.22. The van der Waals surface area contributed by atoms with Crippen molar-refractivity contribution < 1.29 is 9.47 Å². The first-order valence-corrected chi connectivity index (χ1v) is 7.54. The lowest BCUT2D eigenvalue weighted by Crippen LogP contribution is -2.34. The molecule has 0 heterocycles. The number of hydrogen-bond donors (Lipinski definition) is 1. The van der Waals surface area contributed by atoms with Crippen LogP contribution in [0.15, 0.2) is 40.9 Å². The third-order valence-electron chi connectivity index (χ3n) is 3.47. The summed E-state index contributed by atoms with van der Waals surface area (Å²) in [6.45, 7) is 1.93. The van der Waals surface area contributed by atoms with Crippen LogP contribution in [0.25, 0.3) is 0 Å². The highest BCUT2D eigenvalue weighted by molar-refractivity contribution is 9.10. The molecule has 0 saturated carbocycles. The Morgan fingerprint density at radius 2 is 1.86 bits per heavy atom. The van der Waals surface area contributed by atoms with Gasteiger partial charge in [-0.2, -0.15) is 0 Å². The minimum Gasteiger partial charge on any atom is -0.495 e. The van der Waals surface area contributed by atoms with Gasteiger partial charge in [0.15, 0.2) is 0 Å². The molecule has 1 unspecified atom stereocenters. The largest absolute Gasteiger partial charge is 0.495 e. The number of hydrogen-bond acceptors (Lipinski definition) is 3. The zero-order valence-corrected chi connectivity index (χ0v) is 14.5. The van der Waals surface area contributed by atoms with Crippen LogP contribution in [0, 0.1) is 0 Å². The highest BCUT2D eigenvalue weighted by Gasteiger charge is 2.29. The minimum absolute atomic E-state index is 0.649. The maximum atomic E-state index is 6.56. The number of halogens is 2. The average molecular weight is 371 g/mol. The molecule has 0 saturated heterocycles. The van der Waals surface area contributed by atoms with E-state index in [1.54, 1.807) is 14.2 Å². The van der Waals surface area contributed by atoms with Crippen LogP contribution in [0.3, 0.4) is 0 Å². The second-order valence-electron chi connectivity index (χ2n) is 4.88. The van der Waals surface area contributed by atoms with Gasteiger partial charge in [0.05, 0.1) is 19.8 Å². The molecule has 0 aliphatic heterocycles. The van der Waals surface area contributed by atoms with E-state index in [0.29, 0.717) is 16.5 Å². The Balaban J connectivity index is 2.62. The van der Waals surface area contributed by atoms with Gasteiger partial charge < -0.3 is 15.2 Å². The van der Waals surface area contributed by atoms with Crippen LogP contribution >= 0.6 is 27.5 Å². The van der Waals surface area contributed by atoms with Crippen LogP contribution in [0.1, 0.15) is 18.1 Å². The molecule has 2 rings (SSSR count). The minimum atomic E-state index is -0.745. The van der Waals surface area contributed by atoms with E-state index in [1.807, 2.05) is 43.3 Å². The Kier molecular flexibility index (Phi) is 4.81. The molecule has 1 atom stereocenters. The first-order valence-electron chi connectivity index (χ1n) is 6.37. The van der Waals surface area contributed by atoms with Crippen LogP contribution in [0.4, 0.5) is 0 Å². The van der Waals surface area contributed by atoms with Crippen molar-refractivity contribution in [3.05, 3.63) is 57.0 Å². The molecular weight excluding hydrogens is 354 g/mol. The first-order chi connectivity index (χ1) is 9.91. The van der Waals surface area contributed by atoms with Crippen LogP contribution in [-0.2, 0) is 5.54 Å². The van der Waals surface area contributed by atoms with Crippen molar-refractivity contribution >= 4 is 27.5 Å². The van der Waals surface area contributed by atoms with Crippen molar-refractivity contribution in [1.29, 1.82) is 0 Å². The molecule has 0 aliphatic carbocycles. The van der Waals surface area contributed by atoms with E-state index in [4.69, 9.17) is 26.8 Å². The standard InChI is InChI=1S/C16H17BrClNO2/c1-16(19,10-5-4-6-11(18)9-10)12-7-8-13(20-2)14(17)15(12)21-3/h4-9H,19H2,1-3H3. The van der Waals surface area contributed by atoms with Gasteiger partial charge in [-0.1, -0.05) is 23.7 Å². The Morgan fingerprint density at radius 1 is 1.14 bits per heavy atom. The van der Waals surface area contributed by atoms with Gasteiger partial charge in [-0.15, -0.1) is 0 Å². The van der Waals surface area contributed by atoms with E-state index < -0.39 is 5.54 Å². The molecule has 2 aromatic rings. The molecule has 21 heavy (non-hydrogen) atoms. The van der Waals surface area contributed by atoms with Gasteiger partial charge in [-0.3, -0.25) is 0 Å². The van der Waals surface area contributed by atoms with E-state index in [1.165, 1.54) is 0 Å². The monoisotopic (exact) mass is 369 g/mol. The molecule has 0 radical (unpaired) electrons. The van der Waals surface area contributed by atoms with Crippen LogP contribution in [0.5, 0.6) is 11.5 Å². The first kappa shape index (κ1) is 16.1. The molecular formula is C16H17BrClNO2. The molecule has 3 nitrogen and oxygen atoms in total. The highest BCUT2D eigenvalue weighted by Crippen LogP contribution is 2.42. The zero-order chi connectivity index (χ0) is 15.6. The van der Waals surface area contributed by atoms with Crippen molar-refractivity contribution in [1.82, 2.24) is 0 Å². The van der Waals surface area contributed by atoms with Crippen molar-refractivity contribution in [3.63, 3.8) is 0 Å². The van der Waals surface area contributed by atoms with Crippen LogP contribution in [0.2, 0.25) is 5.02 Å². The predicted octanol–water partition coefficient (Wildman–Crippen LogP) is 4.34. The lowest BCUT2D eigenvalue weighted by Gasteiger charge is -2.28. The number of benzene rings is 2. The van der Waals surface area contributed by atoms with Crippen molar-refractivity contribution in [2.24, 2.45) is 5.73 Å². The zero-order valence-electron chi connectivity index (χ0n) is 12.1. The molecule has 0 bridgehead atoms. The lowest BCUT2D eigenvalue weighted by molar-refractivity contribution is 0.379. The second kappa shape index (κ2) is 6.26. The summed E-state index contributed by atoms with van der Waals surface area (Å²) in [5.74, 6) is 1.34. The number of rotatable bonds is 4. The summed E-state index contributed by atoms with van der Waals surface area (Å²) in [6.07, 6.45) is 0. The molecule has 2 aromatic carbocycles. The van der Waals surface area contributed by atoms with Crippen molar-refractivity contribution in [3.8, 4) is 11.5 Å². The van der Waals surface area contributed by atoms with Gasteiger partial charge in [0.1, 0.15) is 16.0 Å². The van der Waals surface area contributed by atoms with Gasteiger partial charge in [-0.25, -0.2) is 0 Å². The smallest absolute Gasteiger partial charge is 0.142 e. The molecule has 5 heteroatoms. The normalized spacial score (nSPS) is 13.6. The van der Waals surface area contributed by atoms with Crippen LogP contribution in [-0.4, -0.2) is 14.2 Å². The SMILES string of the molecule is COc1ccc(C(C)(N)c2cccc(Cl)c2)c(OC)c1Br. The molecule has 0 amide bonds. The summed E-state index contributed by atoms with van der Waals surface area (Å²) in [4.78, 5) is 0. The number of ether oxygens (including phenoxy) is 2. The Bertz CT molecular complexity index is 659. The van der Waals surface area contributed by atoms with E-state index in [9.17, 15) is 0 Å². The maximum Gasteiger partial charge on any atom is 0.142 e. The molecule has 0 aromatic heterocycles. The van der Waals surface area contributed by atoms with E-state index in [-0.39, 0.29) is 0 Å². The van der Waals surface area contributed by atoms with Gasteiger partial charge >= 0.3 is 0 Å². The summed E-state index contributed by atoms with van der Waals surface area (Å²) in [6, 6.07) is 11.3. The van der Waals surface area contributed by atoms with E-state index >= 15 is 0 Å². The molecule has 0 fully saturated rings. The summed E-state index contributed by atoms with van der Waals surface area (Å²) >= 11 is 9.58. The Morgan fingerprint density at radius 3 is 2.43 bits per heavy atom. The van der Waals surface area contributed by atoms with Gasteiger partial charge in [0.25, 0.3) is 0 Å². The van der Waals surface area contributed by atoms with Gasteiger partial charge in [0, 0.05) is 10.6 Å². The summed E-state index contributed by atoms with van der Waals surface area (Å²) < 4.78 is 11.5. The maximum absolute atomic E-state index is 6.56.